The van der Waals surface area contributed by atoms with E-state index < -0.39 is 23.6 Å². The van der Waals surface area contributed by atoms with Gasteiger partial charge in [-0.25, -0.2) is 0 Å². The number of imide groups is 1. The maximum atomic E-state index is 13.3. The molecule has 7 rings (SSSR count). The fraction of sp³-hybridized carbons (Fsp3) is 0.275. The first kappa shape index (κ1) is 35.9. The molecule has 0 spiro atoms. The van der Waals surface area contributed by atoms with Crippen molar-refractivity contribution in [3.63, 3.8) is 0 Å². The molecule has 0 aliphatic carbocycles. The van der Waals surface area contributed by atoms with Gasteiger partial charge in [-0.1, -0.05) is 54.8 Å². The number of ketones is 1. The third-order valence-electron chi connectivity index (χ3n) is 9.51. The molecule has 3 aromatic carbocycles. The molecule has 53 heavy (non-hydrogen) atoms. The van der Waals surface area contributed by atoms with Crippen molar-refractivity contribution in [3.05, 3.63) is 122 Å². The summed E-state index contributed by atoms with van der Waals surface area (Å²) in [5, 5.41) is 15.7. The Morgan fingerprint density at radius 1 is 0.925 bits per heavy atom. The molecule has 13 heteroatoms. The van der Waals surface area contributed by atoms with Crippen molar-refractivity contribution in [2.45, 2.75) is 65.3 Å². The fourth-order valence-corrected chi connectivity index (χ4v) is 8.03. The first-order valence-electron chi connectivity index (χ1n) is 17.5. The van der Waals surface area contributed by atoms with E-state index in [4.69, 9.17) is 21.3 Å². The number of benzene rings is 3. The van der Waals surface area contributed by atoms with E-state index in [1.807, 2.05) is 54.0 Å². The SMILES string of the molecule is Cc1sc2c(c1C)C(c1ccc(Cl)cc1)=N[C@@H](CC(=O)NCCCCCCc1cccc(Oc3cccc4c3C(=O)NC(=O)C4=O)c1)c1nnc(C)n1-2. The van der Waals surface area contributed by atoms with Gasteiger partial charge in [-0.2, -0.15) is 0 Å². The zero-order valence-electron chi connectivity index (χ0n) is 29.5. The molecule has 3 amide bonds. The third kappa shape index (κ3) is 7.42. The highest BCUT2D eigenvalue weighted by Gasteiger charge is 2.34. The van der Waals surface area contributed by atoms with E-state index in [9.17, 15) is 19.2 Å². The highest BCUT2D eigenvalue weighted by atomic mass is 35.5. The zero-order valence-corrected chi connectivity index (χ0v) is 31.1. The van der Waals surface area contributed by atoms with Crippen molar-refractivity contribution in [2.75, 3.05) is 6.54 Å². The number of aliphatic imine (C=N–C) groups is 1. The van der Waals surface area contributed by atoms with E-state index >= 15 is 0 Å². The molecule has 2 aliphatic rings. The number of thiophene rings is 1. The molecule has 4 heterocycles. The van der Waals surface area contributed by atoms with Gasteiger partial charge < -0.3 is 10.1 Å². The molecule has 0 radical (unpaired) electrons. The number of aryl methyl sites for hydroxylation is 3. The first-order chi connectivity index (χ1) is 25.6. The number of fused-ring (bicyclic) bond motifs is 4. The Balaban J connectivity index is 0.925. The predicted octanol–water partition coefficient (Wildman–Crippen LogP) is 7.35. The predicted molar refractivity (Wildman–Crippen MR) is 203 cm³/mol. The Labute approximate surface area is 315 Å². The van der Waals surface area contributed by atoms with Crippen molar-refractivity contribution < 1.29 is 23.9 Å². The Bertz CT molecular complexity index is 2290. The van der Waals surface area contributed by atoms with E-state index in [1.165, 1.54) is 10.9 Å². The average Bonchev–Trinajstić information content (AvgIpc) is 3.62. The van der Waals surface area contributed by atoms with Gasteiger partial charge in [0, 0.05) is 33.1 Å². The molecule has 0 unspecified atom stereocenters. The Morgan fingerprint density at radius 3 is 2.51 bits per heavy atom. The molecule has 0 saturated carbocycles. The minimum atomic E-state index is -0.943. The monoisotopic (exact) mass is 748 g/mol. The molecule has 2 N–H and O–H groups in total. The van der Waals surface area contributed by atoms with Gasteiger partial charge in [-0.05, 0) is 87.6 Å². The van der Waals surface area contributed by atoms with Crippen molar-refractivity contribution in [1.29, 1.82) is 0 Å². The van der Waals surface area contributed by atoms with Gasteiger partial charge in [0.05, 0.1) is 17.7 Å². The van der Waals surface area contributed by atoms with Gasteiger partial charge in [0.2, 0.25) is 5.91 Å². The Kier molecular flexibility index (Phi) is 10.3. The van der Waals surface area contributed by atoms with E-state index in [2.05, 4.69) is 34.7 Å². The Morgan fingerprint density at radius 2 is 1.70 bits per heavy atom. The van der Waals surface area contributed by atoms with Gasteiger partial charge >= 0.3 is 0 Å². The second-order valence-corrected chi connectivity index (χ2v) is 14.8. The molecule has 2 aromatic heterocycles. The van der Waals surface area contributed by atoms with E-state index in [0.717, 1.165) is 70.9 Å². The van der Waals surface area contributed by atoms with Gasteiger partial charge in [-0.3, -0.25) is 34.1 Å². The molecular weight excluding hydrogens is 712 g/mol. The molecule has 0 bridgehead atoms. The lowest BCUT2D eigenvalue weighted by Crippen LogP contribution is -2.42. The number of aromatic nitrogens is 3. The molecule has 11 nitrogen and oxygen atoms in total. The summed E-state index contributed by atoms with van der Waals surface area (Å²) in [4.78, 5) is 56.2. The first-order valence-corrected chi connectivity index (χ1v) is 18.7. The normalized spacial score (nSPS) is 14.8. The molecule has 5 aromatic rings. The highest BCUT2D eigenvalue weighted by molar-refractivity contribution is 7.15. The Hall–Kier alpha value is -5.46. The van der Waals surface area contributed by atoms with Crippen LogP contribution in [0.4, 0.5) is 0 Å². The maximum Gasteiger partial charge on any atom is 0.299 e. The lowest BCUT2D eigenvalue weighted by Gasteiger charge is -2.17. The van der Waals surface area contributed by atoms with Crippen molar-refractivity contribution >= 4 is 52.2 Å². The molecule has 2 aliphatic heterocycles. The number of carbonyl (C=O) groups excluding carboxylic acids is 4. The molecule has 1 atom stereocenters. The van der Waals surface area contributed by atoms with Crippen LogP contribution < -0.4 is 15.4 Å². The van der Waals surface area contributed by atoms with Gasteiger partial charge in [0.25, 0.3) is 17.6 Å². The number of carbonyl (C=O) groups is 4. The van der Waals surface area contributed by atoms with Gasteiger partial charge in [-0.15, -0.1) is 21.5 Å². The number of nitrogens with zero attached hydrogens (tertiary/aromatic N) is 4. The van der Waals surface area contributed by atoms with E-state index in [-0.39, 0.29) is 29.2 Å². The summed E-state index contributed by atoms with van der Waals surface area (Å²) in [6.07, 6.45) is 4.68. The number of rotatable bonds is 12. The van der Waals surface area contributed by atoms with Crippen LogP contribution in [0.25, 0.3) is 5.00 Å². The number of Topliss-reactive ketones (excluding diaryl/α,β-unsaturated/α-hetero) is 1. The van der Waals surface area contributed by atoms with E-state index in [1.54, 1.807) is 29.5 Å². The van der Waals surface area contributed by atoms with Crippen LogP contribution in [0.2, 0.25) is 5.02 Å². The van der Waals surface area contributed by atoms with Crippen molar-refractivity contribution in [2.24, 2.45) is 4.99 Å². The number of nitrogens with one attached hydrogen (secondary N) is 2. The minimum absolute atomic E-state index is 0.0339. The summed E-state index contributed by atoms with van der Waals surface area (Å²) in [5.74, 6) is -0.310. The zero-order chi connectivity index (χ0) is 37.2. The second-order valence-electron chi connectivity index (χ2n) is 13.2. The lowest BCUT2D eigenvalue weighted by atomic mass is 9.98. The summed E-state index contributed by atoms with van der Waals surface area (Å²) in [7, 11) is 0. The van der Waals surface area contributed by atoms with Crippen LogP contribution >= 0.6 is 22.9 Å². The summed E-state index contributed by atoms with van der Waals surface area (Å²) >= 11 is 7.90. The smallest absolute Gasteiger partial charge is 0.299 e. The maximum absolute atomic E-state index is 13.3. The molecule has 0 saturated heterocycles. The lowest BCUT2D eigenvalue weighted by molar-refractivity contribution is -0.121. The van der Waals surface area contributed by atoms with Crippen LogP contribution in [0.15, 0.2) is 71.7 Å². The van der Waals surface area contributed by atoms with Crippen LogP contribution in [0.1, 0.15) is 97.6 Å². The standard InChI is InChI=1S/C40H37ClN6O5S/c1-22-23(2)53-40-33(22)35(26-15-17-27(41)18-16-26)43-30(37-46-45-24(3)47(37)40)21-32(48)42-19-7-5-4-6-10-25-11-8-12-28(20-25)52-31-14-9-13-29-34(31)38(50)44-39(51)36(29)49/h8-9,11-18,20,30H,4-7,10,19,21H2,1-3H3,(H,42,48)(H,44,50,51)/t30-/m0/s1. The van der Waals surface area contributed by atoms with E-state index in [0.29, 0.717) is 23.1 Å². The molecule has 270 valence electrons. The molecule has 0 fully saturated rings. The number of halogens is 1. The summed E-state index contributed by atoms with van der Waals surface area (Å²) < 4.78 is 8.05. The largest absolute Gasteiger partial charge is 0.457 e. The minimum Gasteiger partial charge on any atom is -0.457 e. The van der Waals surface area contributed by atoms with Crippen LogP contribution in [0, 0.1) is 20.8 Å². The van der Waals surface area contributed by atoms with Crippen molar-refractivity contribution in [3.8, 4) is 16.5 Å². The summed E-state index contributed by atoms with van der Waals surface area (Å²) in [5.41, 5.74) is 5.08. The fourth-order valence-electron chi connectivity index (χ4n) is 6.69. The van der Waals surface area contributed by atoms with Crippen LogP contribution in [-0.2, 0) is 16.0 Å². The average molecular weight is 749 g/mol. The number of amides is 3. The number of hydrogen-bond acceptors (Lipinski definition) is 9. The van der Waals surface area contributed by atoms with Gasteiger partial charge in [0.15, 0.2) is 5.82 Å². The molecular formula is C40H37ClN6O5S. The summed E-state index contributed by atoms with van der Waals surface area (Å²) in [6.45, 7) is 6.68. The summed E-state index contributed by atoms with van der Waals surface area (Å²) in [6, 6.07) is 19.3. The number of unbranched alkanes of at least 4 members (excludes halogenated alkanes) is 3. The van der Waals surface area contributed by atoms with Crippen LogP contribution in [0.5, 0.6) is 11.5 Å². The van der Waals surface area contributed by atoms with Crippen LogP contribution in [-0.4, -0.2) is 50.5 Å². The number of hydrogen-bond donors (Lipinski definition) is 2. The van der Waals surface area contributed by atoms with Crippen molar-refractivity contribution in [1.82, 2.24) is 25.4 Å². The topological polar surface area (TPSA) is 145 Å². The second kappa shape index (κ2) is 15.3. The number of ether oxygens (including phenoxy) is 1. The quantitative estimate of drug-likeness (QED) is 0.0771. The van der Waals surface area contributed by atoms with Crippen LogP contribution in [0.3, 0.4) is 0 Å². The van der Waals surface area contributed by atoms with Gasteiger partial charge in [0.1, 0.15) is 28.4 Å². The third-order valence-corrected chi connectivity index (χ3v) is 11.0. The highest BCUT2D eigenvalue weighted by Crippen LogP contribution is 2.39.